The van der Waals surface area contributed by atoms with Crippen molar-refractivity contribution in [1.29, 1.82) is 0 Å². The lowest BCUT2D eigenvalue weighted by atomic mass is 10.2. The third-order valence-corrected chi connectivity index (χ3v) is 2.76. The molecule has 0 radical (unpaired) electrons. The minimum atomic E-state index is -0.294. The predicted molar refractivity (Wildman–Crippen MR) is 68.0 cm³/mol. The first-order valence-corrected chi connectivity index (χ1v) is 5.64. The van der Waals surface area contributed by atoms with Gasteiger partial charge in [-0.1, -0.05) is 11.6 Å². The molecule has 2 rings (SSSR count). The fourth-order valence-electron chi connectivity index (χ4n) is 1.64. The number of benzene rings is 1. The summed E-state index contributed by atoms with van der Waals surface area (Å²) in [4.78, 5) is 22.7. The van der Waals surface area contributed by atoms with Crippen molar-refractivity contribution in [2.45, 2.75) is 13.0 Å². The summed E-state index contributed by atoms with van der Waals surface area (Å²) in [7, 11) is 0. The Morgan fingerprint density at radius 3 is 3.00 bits per heavy atom. The molecule has 1 amide bonds. The van der Waals surface area contributed by atoms with Crippen LogP contribution in [0.4, 0.5) is 0 Å². The van der Waals surface area contributed by atoms with Gasteiger partial charge in [0.1, 0.15) is 0 Å². The van der Waals surface area contributed by atoms with E-state index in [-0.39, 0.29) is 17.8 Å². The number of halogens is 1. The second kappa shape index (κ2) is 5.16. The van der Waals surface area contributed by atoms with Crippen LogP contribution in [0.1, 0.15) is 6.42 Å². The molecule has 0 saturated carbocycles. The number of aromatic nitrogens is 2. The molecule has 0 spiro atoms. The Balaban J connectivity index is 2.43. The van der Waals surface area contributed by atoms with E-state index >= 15 is 0 Å². The number of hydrogen-bond acceptors (Lipinski definition) is 4. The molecule has 1 aromatic carbocycles. The molecular formula is C11H11ClN4O2. The maximum atomic E-state index is 11.6. The Morgan fingerprint density at radius 2 is 2.28 bits per heavy atom. The normalized spacial score (nSPS) is 10.6. The molecule has 0 unspecified atom stereocenters. The van der Waals surface area contributed by atoms with E-state index in [1.54, 1.807) is 22.9 Å². The minimum absolute atomic E-state index is 0.185. The summed E-state index contributed by atoms with van der Waals surface area (Å²) in [6.45, 7) is 0.335. The molecule has 0 aliphatic heterocycles. The molecule has 3 N–H and O–H groups in total. The summed E-state index contributed by atoms with van der Waals surface area (Å²) < 4.78 is 1.57. The maximum absolute atomic E-state index is 11.6. The van der Waals surface area contributed by atoms with Crippen LogP contribution in [-0.2, 0) is 11.3 Å². The lowest BCUT2D eigenvalue weighted by molar-refractivity contribution is -0.121. The van der Waals surface area contributed by atoms with Crippen molar-refractivity contribution < 1.29 is 4.79 Å². The molecule has 1 heterocycles. The van der Waals surface area contributed by atoms with Crippen molar-refractivity contribution in [3.8, 4) is 0 Å². The van der Waals surface area contributed by atoms with E-state index in [4.69, 9.17) is 17.4 Å². The number of carbonyl (C=O) groups excluding carboxylic acids is 1. The van der Waals surface area contributed by atoms with E-state index in [1.165, 1.54) is 6.20 Å². The molecule has 0 saturated heterocycles. The van der Waals surface area contributed by atoms with Gasteiger partial charge in [-0.3, -0.25) is 19.7 Å². The quantitative estimate of drug-likeness (QED) is 0.479. The van der Waals surface area contributed by atoms with Crippen LogP contribution in [-0.4, -0.2) is 15.7 Å². The molecule has 1 aromatic heterocycles. The van der Waals surface area contributed by atoms with E-state index in [9.17, 15) is 9.59 Å². The van der Waals surface area contributed by atoms with Crippen LogP contribution in [0, 0.1) is 0 Å². The third-order valence-electron chi connectivity index (χ3n) is 2.53. The standard InChI is InChI=1S/C11H11ClN4O2/c12-7-1-2-9-8(5-7)10(17)6-14-16(9)4-3-11(18)15-13/h1-2,5-6H,3-4,13H2,(H,15,18). The molecule has 2 aromatic rings. The summed E-state index contributed by atoms with van der Waals surface area (Å²) in [5.74, 6) is 4.70. The molecule has 0 aliphatic carbocycles. The maximum Gasteiger partial charge on any atom is 0.235 e. The molecule has 0 bridgehead atoms. The summed E-state index contributed by atoms with van der Waals surface area (Å²) in [6, 6.07) is 4.96. The van der Waals surface area contributed by atoms with Crippen LogP contribution in [0.2, 0.25) is 5.02 Å². The number of rotatable bonds is 3. The van der Waals surface area contributed by atoms with Crippen LogP contribution in [0.5, 0.6) is 0 Å². The van der Waals surface area contributed by atoms with Crippen LogP contribution in [0.3, 0.4) is 0 Å². The average molecular weight is 267 g/mol. The number of amides is 1. The Morgan fingerprint density at radius 1 is 1.50 bits per heavy atom. The molecular weight excluding hydrogens is 256 g/mol. The highest BCUT2D eigenvalue weighted by Gasteiger charge is 2.06. The van der Waals surface area contributed by atoms with Crippen LogP contribution in [0.25, 0.3) is 10.9 Å². The van der Waals surface area contributed by atoms with E-state index < -0.39 is 0 Å². The topological polar surface area (TPSA) is 90.0 Å². The predicted octanol–water partition coefficient (Wildman–Crippen LogP) is 0.430. The Labute approximate surface area is 107 Å². The molecule has 18 heavy (non-hydrogen) atoms. The van der Waals surface area contributed by atoms with Crippen LogP contribution < -0.4 is 16.7 Å². The van der Waals surface area contributed by atoms with Gasteiger partial charge in [-0.2, -0.15) is 5.10 Å². The molecule has 6 nitrogen and oxygen atoms in total. The fraction of sp³-hybridized carbons (Fsp3) is 0.182. The van der Waals surface area contributed by atoms with Gasteiger partial charge in [0, 0.05) is 11.4 Å². The van der Waals surface area contributed by atoms with Crippen molar-refractivity contribution >= 4 is 28.4 Å². The molecule has 0 fully saturated rings. The number of aryl methyl sites for hydroxylation is 1. The Bertz CT molecular complexity index is 653. The highest BCUT2D eigenvalue weighted by Crippen LogP contribution is 2.15. The van der Waals surface area contributed by atoms with Crippen molar-refractivity contribution in [3.05, 3.63) is 39.6 Å². The first-order chi connectivity index (χ1) is 8.61. The van der Waals surface area contributed by atoms with Crippen molar-refractivity contribution in [3.63, 3.8) is 0 Å². The van der Waals surface area contributed by atoms with Gasteiger partial charge in [-0.05, 0) is 18.2 Å². The first kappa shape index (κ1) is 12.5. The first-order valence-electron chi connectivity index (χ1n) is 5.26. The SMILES string of the molecule is NNC(=O)CCn1ncc(=O)c2cc(Cl)ccc21. The van der Waals surface area contributed by atoms with Gasteiger partial charge in [0.05, 0.1) is 23.6 Å². The summed E-state index contributed by atoms with van der Waals surface area (Å²) in [5, 5.41) is 4.94. The number of carbonyl (C=O) groups is 1. The second-order valence-electron chi connectivity index (χ2n) is 3.71. The van der Waals surface area contributed by atoms with Crippen LogP contribution >= 0.6 is 11.6 Å². The van der Waals surface area contributed by atoms with Gasteiger partial charge in [0.2, 0.25) is 11.3 Å². The van der Waals surface area contributed by atoms with Gasteiger partial charge in [-0.15, -0.1) is 0 Å². The van der Waals surface area contributed by atoms with E-state index in [2.05, 4.69) is 5.10 Å². The summed E-state index contributed by atoms with van der Waals surface area (Å²) in [5.41, 5.74) is 2.47. The number of nitrogens with zero attached hydrogens (tertiary/aromatic N) is 2. The molecule has 0 aliphatic rings. The lowest BCUT2D eigenvalue weighted by Gasteiger charge is -2.08. The van der Waals surface area contributed by atoms with Gasteiger partial charge in [-0.25, -0.2) is 5.84 Å². The number of nitrogens with two attached hydrogens (primary N) is 1. The van der Waals surface area contributed by atoms with E-state index in [0.717, 1.165) is 0 Å². The second-order valence-corrected chi connectivity index (χ2v) is 4.15. The zero-order valence-corrected chi connectivity index (χ0v) is 10.1. The van der Waals surface area contributed by atoms with Gasteiger partial charge >= 0.3 is 0 Å². The monoisotopic (exact) mass is 266 g/mol. The van der Waals surface area contributed by atoms with E-state index in [0.29, 0.717) is 22.5 Å². The largest absolute Gasteiger partial charge is 0.294 e. The zero-order chi connectivity index (χ0) is 13.1. The average Bonchev–Trinajstić information content (AvgIpc) is 2.38. The van der Waals surface area contributed by atoms with Crippen molar-refractivity contribution in [1.82, 2.24) is 15.2 Å². The Hall–Kier alpha value is -1.92. The number of fused-ring (bicyclic) bond motifs is 1. The fourth-order valence-corrected chi connectivity index (χ4v) is 1.81. The minimum Gasteiger partial charge on any atom is -0.294 e. The van der Waals surface area contributed by atoms with Crippen molar-refractivity contribution in [2.24, 2.45) is 5.84 Å². The van der Waals surface area contributed by atoms with Crippen LogP contribution in [0.15, 0.2) is 29.2 Å². The highest BCUT2D eigenvalue weighted by atomic mass is 35.5. The lowest BCUT2D eigenvalue weighted by Crippen LogP contribution is -2.31. The van der Waals surface area contributed by atoms with Gasteiger partial charge in [0.25, 0.3) is 0 Å². The van der Waals surface area contributed by atoms with Gasteiger partial charge in [0.15, 0.2) is 0 Å². The summed E-state index contributed by atoms with van der Waals surface area (Å²) in [6.07, 6.45) is 1.39. The smallest absolute Gasteiger partial charge is 0.235 e. The zero-order valence-electron chi connectivity index (χ0n) is 9.39. The molecule has 0 atom stereocenters. The Kier molecular flexibility index (Phi) is 3.59. The van der Waals surface area contributed by atoms with Crippen molar-refractivity contribution in [2.75, 3.05) is 0 Å². The summed E-state index contributed by atoms with van der Waals surface area (Å²) >= 11 is 5.84. The number of hydrazine groups is 1. The van der Waals surface area contributed by atoms with E-state index in [1.807, 2.05) is 5.43 Å². The highest BCUT2D eigenvalue weighted by molar-refractivity contribution is 6.31. The number of nitrogens with one attached hydrogen (secondary N) is 1. The molecule has 94 valence electrons. The molecule has 7 heteroatoms. The van der Waals surface area contributed by atoms with Gasteiger partial charge < -0.3 is 0 Å². The third kappa shape index (κ3) is 2.49. The number of hydrogen-bond donors (Lipinski definition) is 2.